The van der Waals surface area contributed by atoms with Crippen molar-refractivity contribution in [2.24, 2.45) is 0 Å². The van der Waals surface area contributed by atoms with E-state index in [1.807, 2.05) is 30.3 Å². The van der Waals surface area contributed by atoms with Gasteiger partial charge < -0.3 is 20.7 Å². The Labute approximate surface area is 179 Å². The zero-order valence-electron chi connectivity index (χ0n) is 16.8. The second-order valence-electron chi connectivity index (χ2n) is 7.05. The maximum Gasteiger partial charge on any atom is 0.338 e. The van der Waals surface area contributed by atoms with E-state index in [0.717, 1.165) is 24.2 Å². The molecular weight excluding hydrogens is 396 g/mol. The number of hydrogen-bond acceptors (Lipinski definition) is 8. The van der Waals surface area contributed by atoms with Gasteiger partial charge in [-0.1, -0.05) is 18.2 Å². The summed E-state index contributed by atoms with van der Waals surface area (Å²) in [5, 5.41) is 3.03. The van der Waals surface area contributed by atoms with Crippen molar-refractivity contribution < 1.29 is 14.3 Å². The van der Waals surface area contributed by atoms with E-state index >= 15 is 0 Å². The summed E-state index contributed by atoms with van der Waals surface area (Å²) in [6.45, 7) is 0.546. The van der Waals surface area contributed by atoms with Crippen LogP contribution in [0.1, 0.15) is 35.4 Å². The van der Waals surface area contributed by atoms with E-state index in [-0.39, 0.29) is 30.2 Å². The lowest BCUT2D eigenvalue weighted by atomic mass is 10.1. The van der Waals surface area contributed by atoms with Crippen LogP contribution in [-0.2, 0) is 16.1 Å². The first kappa shape index (κ1) is 20.3. The number of aromatic nitrogens is 3. The Bertz CT molecular complexity index is 1070. The van der Waals surface area contributed by atoms with Gasteiger partial charge in [0.15, 0.2) is 12.4 Å². The third-order valence-corrected chi connectivity index (χ3v) is 4.80. The highest BCUT2D eigenvalue weighted by molar-refractivity contribution is 5.95. The second kappa shape index (κ2) is 9.21. The summed E-state index contributed by atoms with van der Waals surface area (Å²) in [6, 6.07) is 16.2. The highest BCUT2D eigenvalue weighted by atomic mass is 16.5. The molecule has 9 nitrogen and oxygen atoms in total. The monoisotopic (exact) mass is 418 g/mol. The van der Waals surface area contributed by atoms with Crippen LogP contribution in [0.4, 0.5) is 23.3 Å². The number of nitrogens with zero attached hydrogens (tertiary/aromatic N) is 4. The van der Waals surface area contributed by atoms with Crippen LogP contribution < -0.4 is 16.0 Å². The van der Waals surface area contributed by atoms with Gasteiger partial charge in [0.25, 0.3) is 0 Å². The van der Waals surface area contributed by atoms with Crippen molar-refractivity contribution in [1.82, 2.24) is 15.0 Å². The van der Waals surface area contributed by atoms with E-state index in [9.17, 15) is 9.59 Å². The molecular formula is C22H22N6O3. The summed E-state index contributed by atoms with van der Waals surface area (Å²) in [4.78, 5) is 38.5. The Morgan fingerprint density at radius 3 is 2.55 bits per heavy atom. The van der Waals surface area contributed by atoms with Crippen molar-refractivity contribution in [3.63, 3.8) is 0 Å². The van der Waals surface area contributed by atoms with Gasteiger partial charge in [-0.2, -0.15) is 15.0 Å². The Hall–Kier alpha value is -4.01. The molecule has 9 heteroatoms. The first-order valence-electron chi connectivity index (χ1n) is 9.98. The van der Waals surface area contributed by atoms with Crippen molar-refractivity contribution in [2.75, 3.05) is 22.5 Å². The number of carbonyl (C=O) groups is 2. The first-order valence-corrected chi connectivity index (χ1v) is 9.98. The number of esters is 1. The maximum atomic E-state index is 12.4. The van der Waals surface area contributed by atoms with Gasteiger partial charge in [-0.05, 0) is 49.2 Å². The molecule has 0 atom stereocenters. The van der Waals surface area contributed by atoms with Crippen LogP contribution in [0.25, 0.3) is 0 Å². The number of carbonyl (C=O) groups excluding carboxylic acids is 2. The van der Waals surface area contributed by atoms with Gasteiger partial charge in [0, 0.05) is 24.3 Å². The fourth-order valence-corrected chi connectivity index (χ4v) is 3.28. The van der Waals surface area contributed by atoms with E-state index in [1.165, 1.54) is 0 Å². The molecule has 0 saturated carbocycles. The molecule has 4 rings (SSSR count). The lowest BCUT2D eigenvalue weighted by Crippen LogP contribution is -2.35. The quantitative estimate of drug-likeness (QED) is 0.586. The smallest absolute Gasteiger partial charge is 0.338 e. The molecule has 1 saturated heterocycles. The molecule has 158 valence electrons. The van der Waals surface area contributed by atoms with Crippen LogP contribution in [0.15, 0.2) is 54.6 Å². The zero-order valence-corrected chi connectivity index (χ0v) is 16.8. The Morgan fingerprint density at radius 2 is 1.81 bits per heavy atom. The number of hydrogen-bond donors (Lipinski definition) is 2. The number of para-hydroxylation sites is 1. The Kier molecular flexibility index (Phi) is 6.02. The molecule has 1 fully saturated rings. The number of nitrogens with two attached hydrogens (primary N) is 1. The van der Waals surface area contributed by atoms with Crippen LogP contribution >= 0.6 is 0 Å². The highest BCUT2D eigenvalue weighted by Gasteiger charge is 2.20. The van der Waals surface area contributed by atoms with E-state index in [0.29, 0.717) is 18.5 Å². The van der Waals surface area contributed by atoms with Gasteiger partial charge in [-0.15, -0.1) is 0 Å². The fourth-order valence-electron chi connectivity index (χ4n) is 3.28. The van der Waals surface area contributed by atoms with Gasteiger partial charge in [-0.3, -0.25) is 4.79 Å². The molecule has 2 heterocycles. The molecule has 31 heavy (non-hydrogen) atoms. The van der Waals surface area contributed by atoms with Crippen molar-refractivity contribution in [1.29, 1.82) is 0 Å². The molecule has 0 radical (unpaired) electrons. The molecule has 0 bridgehead atoms. The average molecular weight is 418 g/mol. The topological polar surface area (TPSA) is 123 Å². The first-order chi connectivity index (χ1) is 15.1. The molecule has 1 aliphatic heterocycles. The minimum Gasteiger partial charge on any atom is -0.454 e. The van der Waals surface area contributed by atoms with Crippen LogP contribution in [0.2, 0.25) is 0 Å². The van der Waals surface area contributed by atoms with Gasteiger partial charge >= 0.3 is 5.97 Å². The maximum absolute atomic E-state index is 12.4. The van der Waals surface area contributed by atoms with E-state index in [2.05, 4.69) is 20.3 Å². The number of anilines is 4. The summed E-state index contributed by atoms with van der Waals surface area (Å²) in [7, 11) is 0. The van der Waals surface area contributed by atoms with Crippen LogP contribution in [0, 0.1) is 0 Å². The molecule has 0 unspecified atom stereocenters. The predicted molar refractivity (Wildman–Crippen MR) is 116 cm³/mol. The Morgan fingerprint density at radius 1 is 1.03 bits per heavy atom. The lowest BCUT2D eigenvalue weighted by Gasteiger charge is -2.26. The number of nitrogen functional groups attached to an aromatic ring is 1. The molecule has 1 aliphatic rings. The fraction of sp³-hybridized carbons (Fsp3) is 0.227. The number of ether oxygens (including phenoxy) is 1. The van der Waals surface area contributed by atoms with Crippen molar-refractivity contribution in [2.45, 2.75) is 25.9 Å². The van der Waals surface area contributed by atoms with Crippen molar-refractivity contribution in [3.8, 4) is 0 Å². The standard InChI is InChI=1S/C22H22N6O3/c23-21-25-18(26-22(27-21)24-16-6-2-1-3-7-16)14-31-20(30)15-9-11-17(12-10-15)28-13-5-4-8-19(28)29/h1-3,6-7,9-12H,4-5,8,13-14H2,(H3,23,24,25,26,27). The summed E-state index contributed by atoms with van der Waals surface area (Å²) < 4.78 is 5.33. The van der Waals surface area contributed by atoms with Crippen LogP contribution in [0.3, 0.4) is 0 Å². The largest absolute Gasteiger partial charge is 0.454 e. The normalized spacial score (nSPS) is 13.7. The van der Waals surface area contributed by atoms with Gasteiger partial charge in [0.1, 0.15) is 0 Å². The number of amides is 1. The number of piperidine rings is 1. The van der Waals surface area contributed by atoms with Gasteiger partial charge in [0.05, 0.1) is 5.56 Å². The molecule has 0 spiro atoms. The third kappa shape index (κ3) is 5.13. The van der Waals surface area contributed by atoms with Crippen LogP contribution in [0.5, 0.6) is 0 Å². The minimum absolute atomic E-state index is 0.0232. The molecule has 3 N–H and O–H groups in total. The minimum atomic E-state index is -0.520. The zero-order chi connectivity index (χ0) is 21.6. The van der Waals surface area contributed by atoms with E-state index < -0.39 is 5.97 Å². The van der Waals surface area contributed by atoms with Crippen molar-refractivity contribution >= 4 is 35.1 Å². The Balaban J connectivity index is 1.38. The van der Waals surface area contributed by atoms with E-state index in [1.54, 1.807) is 29.2 Å². The summed E-state index contributed by atoms with van der Waals surface area (Å²) in [5.41, 5.74) is 7.70. The van der Waals surface area contributed by atoms with E-state index in [4.69, 9.17) is 10.5 Å². The van der Waals surface area contributed by atoms with Crippen LogP contribution in [-0.4, -0.2) is 33.4 Å². The average Bonchev–Trinajstić information content (AvgIpc) is 2.78. The third-order valence-electron chi connectivity index (χ3n) is 4.80. The highest BCUT2D eigenvalue weighted by Crippen LogP contribution is 2.21. The molecule has 2 aromatic carbocycles. The SMILES string of the molecule is Nc1nc(COC(=O)c2ccc(N3CCCCC3=O)cc2)nc(Nc2ccccc2)n1. The number of benzene rings is 2. The number of nitrogens with one attached hydrogen (secondary N) is 1. The molecule has 3 aromatic rings. The van der Waals surface area contributed by atoms with Gasteiger partial charge in [-0.25, -0.2) is 4.79 Å². The molecule has 1 aromatic heterocycles. The summed E-state index contributed by atoms with van der Waals surface area (Å²) in [6.07, 6.45) is 2.45. The summed E-state index contributed by atoms with van der Waals surface area (Å²) in [5.74, 6) is 0.104. The van der Waals surface area contributed by atoms with Gasteiger partial charge in [0.2, 0.25) is 17.8 Å². The summed E-state index contributed by atoms with van der Waals surface area (Å²) >= 11 is 0. The second-order valence-corrected chi connectivity index (χ2v) is 7.05. The number of rotatable bonds is 6. The molecule has 0 aliphatic carbocycles. The predicted octanol–water partition coefficient (Wildman–Crippen LogP) is 3.07. The lowest BCUT2D eigenvalue weighted by molar-refractivity contribution is -0.119. The van der Waals surface area contributed by atoms with Crippen molar-refractivity contribution in [3.05, 3.63) is 66.0 Å². The molecule has 1 amide bonds.